The van der Waals surface area contributed by atoms with E-state index < -0.39 is 0 Å². The summed E-state index contributed by atoms with van der Waals surface area (Å²) in [6.45, 7) is 3.70. The summed E-state index contributed by atoms with van der Waals surface area (Å²) in [5, 5.41) is 11.7. The quantitative estimate of drug-likeness (QED) is 0.266. The van der Waals surface area contributed by atoms with E-state index in [1.165, 1.54) is 0 Å². The van der Waals surface area contributed by atoms with Gasteiger partial charge in [-0.25, -0.2) is 0 Å². The van der Waals surface area contributed by atoms with Crippen LogP contribution in [0.4, 0.5) is 0 Å². The minimum absolute atomic E-state index is 0.0146. The molecule has 0 bridgehead atoms. The van der Waals surface area contributed by atoms with E-state index >= 15 is 0 Å². The minimum Gasteiger partial charge on any atom is -0.490 e. The number of hydrogen-bond acceptors (Lipinski definition) is 4. The molecule has 0 saturated carbocycles. The van der Waals surface area contributed by atoms with Crippen LogP contribution in [0.2, 0.25) is 0 Å². The Morgan fingerprint density at radius 2 is 2.17 bits per heavy atom. The highest BCUT2D eigenvalue weighted by atomic mass is 79.9. The van der Waals surface area contributed by atoms with Gasteiger partial charge in [-0.1, -0.05) is 28.0 Å². The topological polar surface area (TPSA) is 77.1 Å². The Balaban J connectivity index is 2.64. The maximum absolute atomic E-state index is 8.71. The number of oxime groups is 1. The van der Waals surface area contributed by atoms with Crippen molar-refractivity contribution in [1.82, 2.24) is 0 Å². The number of rotatable bonds is 7. The van der Waals surface area contributed by atoms with Crippen molar-refractivity contribution in [1.29, 1.82) is 0 Å². The summed E-state index contributed by atoms with van der Waals surface area (Å²) in [4.78, 5) is 0. The summed E-state index contributed by atoms with van der Waals surface area (Å²) in [6, 6.07) is 5.32. The van der Waals surface area contributed by atoms with Crippen LogP contribution in [0.25, 0.3) is 0 Å². The van der Waals surface area contributed by atoms with Crippen molar-refractivity contribution in [3.8, 4) is 5.75 Å². The number of amidine groups is 1. The molecule has 0 saturated heterocycles. The van der Waals surface area contributed by atoms with Crippen molar-refractivity contribution >= 4 is 21.8 Å². The van der Waals surface area contributed by atoms with E-state index in [0.717, 1.165) is 17.5 Å². The molecule has 0 fully saturated rings. The Labute approximate surface area is 115 Å². The summed E-state index contributed by atoms with van der Waals surface area (Å²) in [6.07, 6.45) is 0.980. The number of benzene rings is 1. The molecule has 0 heterocycles. The lowest BCUT2D eigenvalue weighted by molar-refractivity contribution is 0.101. The van der Waals surface area contributed by atoms with Crippen molar-refractivity contribution in [2.24, 2.45) is 10.9 Å². The molecule has 0 aliphatic rings. The maximum atomic E-state index is 8.71. The standard InChI is InChI=1S/C12H17BrN2O3/c1-2-5-17-6-7-18-11-4-3-9(13)8-10(11)12(14)15-16/h3-4,8,16H,2,5-7H2,1H3,(H2,14,15). The molecule has 0 atom stereocenters. The van der Waals surface area contributed by atoms with Gasteiger partial charge in [-0.2, -0.15) is 0 Å². The van der Waals surface area contributed by atoms with E-state index in [2.05, 4.69) is 21.1 Å². The molecule has 1 aromatic rings. The summed E-state index contributed by atoms with van der Waals surface area (Å²) in [5.74, 6) is 0.578. The third-order valence-electron chi connectivity index (χ3n) is 2.16. The highest BCUT2D eigenvalue weighted by Crippen LogP contribution is 2.23. The first-order valence-electron chi connectivity index (χ1n) is 5.67. The lowest BCUT2D eigenvalue weighted by atomic mass is 10.2. The second-order valence-electron chi connectivity index (χ2n) is 3.59. The zero-order valence-corrected chi connectivity index (χ0v) is 11.8. The van der Waals surface area contributed by atoms with Gasteiger partial charge in [-0.3, -0.25) is 0 Å². The second kappa shape index (κ2) is 7.94. The van der Waals surface area contributed by atoms with E-state index in [-0.39, 0.29) is 5.84 Å². The number of halogens is 1. The van der Waals surface area contributed by atoms with Gasteiger partial charge in [0.05, 0.1) is 12.2 Å². The molecule has 0 aliphatic heterocycles. The molecule has 1 aromatic carbocycles. The molecule has 0 radical (unpaired) electrons. The van der Waals surface area contributed by atoms with E-state index in [9.17, 15) is 0 Å². The van der Waals surface area contributed by atoms with Gasteiger partial charge in [0, 0.05) is 11.1 Å². The Bertz CT molecular complexity index is 410. The fraction of sp³-hybridized carbons (Fsp3) is 0.417. The Morgan fingerprint density at radius 1 is 1.39 bits per heavy atom. The maximum Gasteiger partial charge on any atom is 0.173 e. The molecular weight excluding hydrogens is 300 g/mol. The zero-order valence-electron chi connectivity index (χ0n) is 10.2. The lowest BCUT2D eigenvalue weighted by Gasteiger charge is -2.11. The number of ether oxygens (including phenoxy) is 2. The van der Waals surface area contributed by atoms with Gasteiger partial charge in [0.15, 0.2) is 5.84 Å². The largest absolute Gasteiger partial charge is 0.490 e. The van der Waals surface area contributed by atoms with Gasteiger partial charge >= 0.3 is 0 Å². The van der Waals surface area contributed by atoms with Crippen molar-refractivity contribution in [2.75, 3.05) is 19.8 Å². The first kappa shape index (κ1) is 14.8. The summed E-state index contributed by atoms with van der Waals surface area (Å²) < 4.78 is 11.7. The van der Waals surface area contributed by atoms with Crippen molar-refractivity contribution in [3.05, 3.63) is 28.2 Å². The lowest BCUT2D eigenvalue weighted by Crippen LogP contribution is -2.16. The summed E-state index contributed by atoms with van der Waals surface area (Å²) in [5.41, 5.74) is 6.13. The van der Waals surface area contributed by atoms with Gasteiger partial charge < -0.3 is 20.4 Å². The van der Waals surface area contributed by atoms with Crippen LogP contribution in [0.15, 0.2) is 27.8 Å². The van der Waals surface area contributed by atoms with Crippen LogP contribution in [0, 0.1) is 0 Å². The summed E-state index contributed by atoms with van der Waals surface area (Å²) in [7, 11) is 0. The molecule has 6 heteroatoms. The van der Waals surface area contributed by atoms with Crippen molar-refractivity contribution < 1.29 is 14.7 Å². The SMILES string of the molecule is CCCOCCOc1ccc(Br)cc1/C(N)=N/O. The van der Waals surface area contributed by atoms with Crippen LogP contribution in [-0.4, -0.2) is 30.9 Å². The third-order valence-corrected chi connectivity index (χ3v) is 2.65. The fourth-order valence-corrected chi connectivity index (χ4v) is 1.70. The molecular formula is C12H17BrN2O3. The minimum atomic E-state index is 0.0146. The predicted octanol–water partition coefficient (Wildman–Crippen LogP) is 2.35. The van der Waals surface area contributed by atoms with E-state index in [1.807, 2.05) is 13.0 Å². The Morgan fingerprint density at radius 3 is 2.83 bits per heavy atom. The molecule has 3 N–H and O–H groups in total. The van der Waals surface area contributed by atoms with Crippen LogP contribution in [0.3, 0.4) is 0 Å². The molecule has 1 rings (SSSR count). The molecule has 5 nitrogen and oxygen atoms in total. The average Bonchev–Trinajstić information content (AvgIpc) is 2.39. The normalized spacial score (nSPS) is 11.6. The van der Waals surface area contributed by atoms with Gasteiger partial charge in [0.25, 0.3) is 0 Å². The molecule has 100 valence electrons. The summed E-state index contributed by atoms with van der Waals surface area (Å²) >= 11 is 3.32. The van der Waals surface area contributed by atoms with Crippen LogP contribution in [0.5, 0.6) is 5.75 Å². The second-order valence-corrected chi connectivity index (χ2v) is 4.50. The first-order chi connectivity index (χ1) is 8.69. The fourth-order valence-electron chi connectivity index (χ4n) is 1.34. The highest BCUT2D eigenvalue weighted by Gasteiger charge is 2.09. The van der Waals surface area contributed by atoms with Gasteiger partial charge in [0.1, 0.15) is 12.4 Å². The van der Waals surface area contributed by atoms with Crippen LogP contribution < -0.4 is 10.5 Å². The predicted molar refractivity (Wildman–Crippen MR) is 73.3 cm³/mol. The van der Waals surface area contributed by atoms with Gasteiger partial charge in [-0.15, -0.1) is 0 Å². The van der Waals surface area contributed by atoms with E-state index in [1.54, 1.807) is 12.1 Å². The van der Waals surface area contributed by atoms with Gasteiger partial charge in [-0.05, 0) is 24.6 Å². The number of nitrogens with zero attached hydrogens (tertiary/aromatic N) is 1. The number of hydrogen-bond donors (Lipinski definition) is 2. The molecule has 18 heavy (non-hydrogen) atoms. The molecule has 0 amide bonds. The van der Waals surface area contributed by atoms with Crippen LogP contribution in [-0.2, 0) is 4.74 Å². The van der Waals surface area contributed by atoms with Crippen molar-refractivity contribution in [3.63, 3.8) is 0 Å². The zero-order chi connectivity index (χ0) is 13.4. The first-order valence-corrected chi connectivity index (χ1v) is 6.46. The molecule has 0 aliphatic carbocycles. The number of nitrogens with two attached hydrogens (primary N) is 1. The van der Waals surface area contributed by atoms with Crippen molar-refractivity contribution in [2.45, 2.75) is 13.3 Å². The Hall–Kier alpha value is -1.27. The average molecular weight is 317 g/mol. The van der Waals surface area contributed by atoms with Gasteiger partial charge in [0.2, 0.25) is 0 Å². The molecule has 0 spiro atoms. The Kier molecular flexibility index (Phi) is 6.53. The molecule has 0 aromatic heterocycles. The van der Waals surface area contributed by atoms with Crippen LogP contribution >= 0.6 is 15.9 Å². The van der Waals surface area contributed by atoms with Crippen LogP contribution in [0.1, 0.15) is 18.9 Å². The van der Waals surface area contributed by atoms with E-state index in [4.69, 9.17) is 20.4 Å². The molecule has 0 unspecified atom stereocenters. The smallest absolute Gasteiger partial charge is 0.173 e. The highest BCUT2D eigenvalue weighted by molar-refractivity contribution is 9.10. The van der Waals surface area contributed by atoms with E-state index in [0.29, 0.717) is 24.5 Å². The monoisotopic (exact) mass is 316 g/mol. The third kappa shape index (κ3) is 4.54.